The Hall–Kier alpha value is -0.200. The summed E-state index contributed by atoms with van der Waals surface area (Å²) < 4.78 is 0. The van der Waals surface area contributed by atoms with Crippen molar-refractivity contribution < 1.29 is 19.9 Å². The van der Waals surface area contributed by atoms with Crippen molar-refractivity contribution in [1.29, 1.82) is 0 Å². The van der Waals surface area contributed by atoms with Gasteiger partial charge in [-0.15, -0.1) is 0 Å². The second kappa shape index (κ2) is 25.8. The minimum atomic E-state index is 0.338. The molecule has 0 amide bonds. The number of nitrogens with one attached hydrogen (secondary N) is 1. The van der Waals surface area contributed by atoms with E-state index in [1.54, 1.807) is 0 Å². The minimum Gasteiger partial charge on any atom is -0.396 e. The molecule has 0 heterocycles. The van der Waals surface area contributed by atoms with Gasteiger partial charge in [-0.05, 0) is 25.7 Å². The molecule has 0 rings (SSSR count). The summed E-state index contributed by atoms with van der Waals surface area (Å²) in [6.45, 7) is 2.11. The lowest BCUT2D eigenvalue weighted by Gasteiger charge is -2.06. The molecule has 0 aromatic rings. The van der Waals surface area contributed by atoms with E-state index < -0.39 is 0 Å². The monoisotopic (exact) mass is 389 g/mol. The third-order valence-electron chi connectivity index (χ3n) is 4.93. The van der Waals surface area contributed by atoms with Crippen molar-refractivity contribution >= 4 is 0 Å². The average molecular weight is 390 g/mol. The Balaban J connectivity index is 2.95. The van der Waals surface area contributed by atoms with E-state index >= 15 is 0 Å². The van der Waals surface area contributed by atoms with E-state index in [-0.39, 0.29) is 0 Å². The molecule has 5 nitrogen and oxygen atoms in total. The lowest BCUT2D eigenvalue weighted by Crippen LogP contribution is -2.16. The van der Waals surface area contributed by atoms with Crippen LogP contribution in [0, 0.1) is 0 Å². The van der Waals surface area contributed by atoms with Crippen LogP contribution in [0.5, 0.6) is 0 Å². The highest BCUT2D eigenvalue weighted by Gasteiger charge is 1.95. The average Bonchev–Trinajstić information content (AvgIpc) is 2.68. The molecular weight excluding hydrogens is 342 g/mol. The van der Waals surface area contributed by atoms with Gasteiger partial charge in [-0.2, -0.15) is 0 Å². The molecule has 0 unspecified atom stereocenters. The molecule has 0 saturated carbocycles. The highest BCUT2D eigenvalue weighted by molar-refractivity contribution is 4.48. The summed E-state index contributed by atoms with van der Waals surface area (Å²) >= 11 is 0. The maximum atomic E-state index is 8.71. The molecule has 27 heavy (non-hydrogen) atoms. The fourth-order valence-electron chi connectivity index (χ4n) is 3.17. The largest absolute Gasteiger partial charge is 0.396 e. The first-order valence-electron chi connectivity index (χ1n) is 11.6. The number of hydrogen-bond acceptors (Lipinski definition) is 5. The Morgan fingerprint density at radius 3 is 0.926 bits per heavy atom. The van der Waals surface area contributed by atoms with Crippen molar-refractivity contribution in [2.45, 2.75) is 116 Å². The number of hydrogen-bond donors (Lipinski definition) is 3. The van der Waals surface area contributed by atoms with Crippen LogP contribution in [-0.2, 0) is 9.68 Å². The van der Waals surface area contributed by atoms with Gasteiger partial charge in [0.05, 0.1) is 13.2 Å². The van der Waals surface area contributed by atoms with Crippen molar-refractivity contribution in [3.05, 3.63) is 0 Å². The molecule has 0 radical (unpaired) electrons. The van der Waals surface area contributed by atoms with E-state index in [1.165, 1.54) is 89.9 Å². The van der Waals surface area contributed by atoms with Crippen LogP contribution in [0.2, 0.25) is 0 Å². The van der Waals surface area contributed by atoms with Crippen LogP contribution in [0.15, 0.2) is 0 Å². The van der Waals surface area contributed by atoms with Crippen molar-refractivity contribution in [3.8, 4) is 0 Å². The van der Waals surface area contributed by atoms with Crippen LogP contribution in [0.25, 0.3) is 0 Å². The third kappa shape index (κ3) is 25.8. The van der Waals surface area contributed by atoms with Gasteiger partial charge in [0.2, 0.25) is 0 Å². The first-order valence-corrected chi connectivity index (χ1v) is 11.6. The van der Waals surface area contributed by atoms with Crippen LogP contribution in [0.4, 0.5) is 0 Å². The van der Waals surface area contributed by atoms with Gasteiger partial charge >= 0.3 is 0 Å². The molecular formula is C22H47NO4. The minimum absolute atomic E-state index is 0.338. The van der Waals surface area contributed by atoms with E-state index in [2.05, 4.69) is 5.64 Å². The van der Waals surface area contributed by atoms with E-state index in [1.807, 2.05) is 0 Å². The van der Waals surface area contributed by atoms with Gasteiger partial charge in [-0.1, -0.05) is 95.5 Å². The Labute approximate surface area is 168 Å². The maximum absolute atomic E-state index is 8.71. The molecule has 0 saturated heterocycles. The van der Waals surface area contributed by atoms with Gasteiger partial charge in [-0.3, -0.25) is 9.68 Å². The zero-order valence-electron chi connectivity index (χ0n) is 17.8. The number of aliphatic hydroxyl groups excluding tert-OH is 2. The zero-order valence-corrected chi connectivity index (χ0v) is 17.8. The van der Waals surface area contributed by atoms with E-state index in [4.69, 9.17) is 19.9 Å². The van der Waals surface area contributed by atoms with Gasteiger partial charge < -0.3 is 10.2 Å². The van der Waals surface area contributed by atoms with Gasteiger partial charge in [0.15, 0.2) is 0 Å². The maximum Gasteiger partial charge on any atom is 0.0709 e. The van der Waals surface area contributed by atoms with Crippen molar-refractivity contribution in [2.75, 3.05) is 26.4 Å². The first-order chi connectivity index (χ1) is 13.4. The second-order valence-corrected chi connectivity index (χ2v) is 7.59. The highest BCUT2D eigenvalue weighted by Crippen LogP contribution is 2.10. The number of unbranched alkanes of at least 4 members (excludes halogenated alkanes) is 16. The summed E-state index contributed by atoms with van der Waals surface area (Å²) in [5.74, 6) is 0. The fraction of sp³-hybridized carbons (Fsp3) is 1.00. The Bertz CT molecular complexity index is 230. The Morgan fingerprint density at radius 1 is 0.370 bits per heavy atom. The topological polar surface area (TPSA) is 71.0 Å². The number of aliphatic hydroxyl groups is 2. The van der Waals surface area contributed by atoms with E-state index in [9.17, 15) is 0 Å². The molecule has 0 aromatic carbocycles. The van der Waals surface area contributed by atoms with Crippen molar-refractivity contribution in [2.24, 2.45) is 0 Å². The van der Waals surface area contributed by atoms with Crippen LogP contribution in [0.1, 0.15) is 116 Å². The van der Waals surface area contributed by atoms with Gasteiger partial charge in [0.1, 0.15) is 0 Å². The van der Waals surface area contributed by atoms with Crippen LogP contribution >= 0.6 is 0 Å². The third-order valence-corrected chi connectivity index (χ3v) is 4.93. The quantitative estimate of drug-likeness (QED) is 0.151. The fourth-order valence-corrected chi connectivity index (χ4v) is 3.17. The lowest BCUT2D eigenvalue weighted by atomic mass is 10.1. The van der Waals surface area contributed by atoms with Gasteiger partial charge in [0, 0.05) is 13.2 Å². The zero-order chi connectivity index (χ0) is 19.7. The molecule has 3 N–H and O–H groups in total. The normalized spacial score (nSPS) is 11.3. The van der Waals surface area contributed by atoms with Gasteiger partial charge in [-0.25, -0.2) is 0 Å². The standard InChI is InChI=1S/C22H47NO4/c24-19-15-11-7-3-1-5-9-13-17-21-26-23-27-22-18-14-10-6-2-4-8-12-16-20-25/h23-25H,1-22H2. The molecule has 0 bridgehead atoms. The summed E-state index contributed by atoms with van der Waals surface area (Å²) in [6.07, 6.45) is 21.8. The van der Waals surface area contributed by atoms with Gasteiger partial charge in [0.25, 0.3) is 0 Å². The van der Waals surface area contributed by atoms with E-state index in [0.29, 0.717) is 26.4 Å². The molecule has 0 aliphatic carbocycles. The summed E-state index contributed by atoms with van der Waals surface area (Å²) in [5, 5.41) is 17.4. The summed E-state index contributed by atoms with van der Waals surface area (Å²) in [7, 11) is 0. The molecule has 0 fully saturated rings. The molecule has 164 valence electrons. The Morgan fingerprint density at radius 2 is 0.630 bits per heavy atom. The molecule has 0 spiro atoms. The molecule has 5 heteroatoms. The molecule has 0 aliphatic rings. The molecule has 0 aliphatic heterocycles. The Kier molecular flexibility index (Phi) is 25.6. The summed E-state index contributed by atoms with van der Waals surface area (Å²) in [5.41, 5.74) is 2.61. The summed E-state index contributed by atoms with van der Waals surface area (Å²) in [6, 6.07) is 0. The first kappa shape index (κ1) is 26.8. The SMILES string of the molecule is OCCCCCCCCCCCONOCCCCCCCCCCCO. The highest BCUT2D eigenvalue weighted by atomic mass is 16.9. The van der Waals surface area contributed by atoms with Crippen molar-refractivity contribution in [3.63, 3.8) is 0 Å². The molecule has 0 aromatic heterocycles. The number of rotatable bonds is 24. The van der Waals surface area contributed by atoms with Crippen molar-refractivity contribution in [1.82, 2.24) is 5.64 Å². The second-order valence-electron chi connectivity index (χ2n) is 7.59. The summed E-state index contributed by atoms with van der Waals surface area (Å²) in [4.78, 5) is 10.6. The lowest BCUT2D eigenvalue weighted by molar-refractivity contribution is -0.171. The van der Waals surface area contributed by atoms with Crippen LogP contribution in [0.3, 0.4) is 0 Å². The van der Waals surface area contributed by atoms with Crippen LogP contribution < -0.4 is 5.64 Å². The van der Waals surface area contributed by atoms with Crippen LogP contribution in [-0.4, -0.2) is 36.6 Å². The predicted molar refractivity (Wildman–Crippen MR) is 112 cm³/mol. The van der Waals surface area contributed by atoms with E-state index in [0.717, 1.165) is 25.7 Å². The predicted octanol–water partition coefficient (Wildman–Crippen LogP) is 5.45. The molecule has 0 atom stereocenters. The smallest absolute Gasteiger partial charge is 0.0709 e.